The normalized spacial score (nSPS) is 35.2. The smallest absolute Gasteiger partial charge is 0.0879 e. The fourth-order valence-corrected chi connectivity index (χ4v) is 5.83. The summed E-state index contributed by atoms with van der Waals surface area (Å²) >= 11 is 0. The van der Waals surface area contributed by atoms with Crippen molar-refractivity contribution in [1.29, 1.82) is 0 Å². The molecule has 1 saturated heterocycles. The van der Waals surface area contributed by atoms with Crippen molar-refractivity contribution in [1.82, 2.24) is 0 Å². The van der Waals surface area contributed by atoms with Crippen LogP contribution >= 0.6 is 0 Å². The Morgan fingerprint density at radius 2 is 1.84 bits per heavy atom. The van der Waals surface area contributed by atoms with E-state index in [-0.39, 0.29) is 17.6 Å². The highest BCUT2D eigenvalue weighted by Gasteiger charge is 2.46. The van der Waals surface area contributed by atoms with Crippen molar-refractivity contribution in [3.05, 3.63) is 24.0 Å². The molecular weight excluding hydrogens is 396 g/mol. The molecule has 2 N–H and O–H groups in total. The van der Waals surface area contributed by atoms with Gasteiger partial charge in [0.1, 0.15) is 0 Å². The minimum Gasteiger partial charge on any atom is -0.513 e. The van der Waals surface area contributed by atoms with Crippen LogP contribution in [0.4, 0.5) is 0 Å². The Bertz CT molecular complexity index is 610. The van der Waals surface area contributed by atoms with Crippen molar-refractivity contribution >= 4 is 0 Å². The van der Waals surface area contributed by atoms with Crippen molar-refractivity contribution in [2.45, 2.75) is 130 Å². The minimum atomic E-state index is -0.150. The summed E-state index contributed by atoms with van der Waals surface area (Å²) in [6.45, 7) is 17.1. The zero-order valence-electron chi connectivity index (χ0n) is 21.9. The number of aliphatic hydroxyl groups is 2. The Labute approximate surface area is 198 Å². The highest BCUT2D eigenvalue weighted by molar-refractivity contribution is 4.99. The van der Waals surface area contributed by atoms with E-state index >= 15 is 0 Å². The van der Waals surface area contributed by atoms with Crippen LogP contribution < -0.4 is 0 Å². The summed E-state index contributed by atoms with van der Waals surface area (Å²) in [6.07, 6.45) is 15.2. The van der Waals surface area contributed by atoms with Crippen LogP contribution in [0.1, 0.15) is 112 Å². The molecule has 8 atom stereocenters. The largest absolute Gasteiger partial charge is 0.513 e. The molecule has 3 nitrogen and oxygen atoms in total. The topological polar surface area (TPSA) is 49.7 Å². The number of rotatable bonds is 12. The van der Waals surface area contributed by atoms with Gasteiger partial charge in [0.25, 0.3) is 0 Å². The maximum Gasteiger partial charge on any atom is 0.0879 e. The third kappa shape index (κ3) is 8.20. The first-order valence-corrected chi connectivity index (χ1v) is 13.4. The van der Waals surface area contributed by atoms with Crippen LogP contribution in [0.3, 0.4) is 0 Å². The molecule has 0 aromatic carbocycles. The highest BCUT2D eigenvalue weighted by Crippen LogP contribution is 2.46. The molecule has 1 aliphatic heterocycles. The maximum atomic E-state index is 10.3. The summed E-state index contributed by atoms with van der Waals surface area (Å²) in [5.41, 5.74) is 1.50. The van der Waals surface area contributed by atoms with E-state index in [1.165, 1.54) is 44.1 Å². The summed E-state index contributed by atoms with van der Waals surface area (Å²) in [7, 11) is 0. The van der Waals surface area contributed by atoms with E-state index in [0.29, 0.717) is 29.6 Å². The van der Waals surface area contributed by atoms with Crippen LogP contribution in [0.2, 0.25) is 0 Å². The lowest BCUT2D eigenvalue weighted by Gasteiger charge is -2.51. The molecule has 0 aromatic rings. The first-order valence-electron chi connectivity index (χ1n) is 13.4. The molecular formula is C29H52O3. The van der Waals surface area contributed by atoms with Gasteiger partial charge in [-0.25, -0.2) is 0 Å². The van der Waals surface area contributed by atoms with Crippen LogP contribution in [0.25, 0.3) is 0 Å². The molecule has 8 unspecified atom stereocenters. The van der Waals surface area contributed by atoms with E-state index in [9.17, 15) is 10.2 Å². The standard InChI is InChI=1S/C29H52O3/c1-20(13-9-15-22(3)25(6)30)11-8-12-21(2)14-10-17-29(7)18-16-26-19-27(31)23(4)24(5)28(26)32-29/h13,21-24,26-28,30-31H,6,8-12,14-19H2,1-5,7H3/b20-13+. The van der Waals surface area contributed by atoms with Gasteiger partial charge in [0.15, 0.2) is 0 Å². The van der Waals surface area contributed by atoms with Crippen molar-refractivity contribution < 1.29 is 14.9 Å². The number of ether oxygens (including phenoxy) is 1. The number of hydrogen-bond acceptors (Lipinski definition) is 3. The first kappa shape index (κ1) is 27.4. The zero-order valence-corrected chi connectivity index (χ0v) is 21.9. The predicted molar refractivity (Wildman–Crippen MR) is 136 cm³/mol. The summed E-state index contributed by atoms with van der Waals surface area (Å²) in [5.74, 6) is 2.60. The van der Waals surface area contributed by atoms with Crippen LogP contribution in [0.5, 0.6) is 0 Å². The monoisotopic (exact) mass is 448 g/mol. The van der Waals surface area contributed by atoms with Gasteiger partial charge in [0, 0.05) is 5.92 Å². The molecule has 0 spiro atoms. The van der Waals surface area contributed by atoms with E-state index in [1.807, 2.05) is 6.92 Å². The van der Waals surface area contributed by atoms with Gasteiger partial charge in [-0.05, 0) is 88.9 Å². The number of allylic oxidation sites excluding steroid dienone is 3. The second-order valence-electron chi connectivity index (χ2n) is 11.8. The molecule has 2 aliphatic rings. The number of hydrogen-bond donors (Lipinski definition) is 2. The van der Waals surface area contributed by atoms with E-state index in [1.54, 1.807) is 0 Å². The number of aliphatic hydroxyl groups excluding tert-OH is 2. The second kappa shape index (κ2) is 12.6. The van der Waals surface area contributed by atoms with Gasteiger partial charge in [-0.2, -0.15) is 0 Å². The van der Waals surface area contributed by atoms with Crippen molar-refractivity contribution in [2.24, 2.45) is 29.6 Å². The average Bonchev–Trinajstić information content (AvgIpc) is 2.72. The molecule has 0 radical (unpaired) electrons. The molecule has 2 rings (SSSR count). The molecule has 2 fully saturated rings. The molecule has 0 amide bonds. The Hall–Kier alpha value is -0.800. The minimum absolute atomic E-state index is 0.0213. The van der Waals surface area contributed by atoms with Gasteiger partial charge in [0.2, 0.25) is 0 Å². The molecule has 1 aliphatic carbocycles. The molecule has 3 heteroatoms. The third-order valence-corrected chi connectivity index (χ3v) is 8.76. The molecule has 0 bridgehead atoms. The van der Waals surface area contributed by atoms with Crippen LogP contribution in [-0.4, -0.2) is 28.0 Å². The summed E-state index contributed by atoms with van der Waals surface area (Å²) in [4.78, 5) is 0. The molecule has 1 heterocycles. The van der Waals surface area contributed by atoms with Gasteiger partial charge in [0.05, 0.1) is 23.6 Å². The lowest BCUT2D eigenvalue weighted by Crippen LogP contribution is -2.52. The van der Waals surface area contributed by atoms with Crippen molar-refractivity contribution in [3.63, 3.8) is 0 Å². The van der Waals surface area contributed by atoms with Crippen LogP contribution in [-0.2, 0) is 4.74 Å². The van der Waals surface area contributed by atoms with Gasteiger partial charge < -0.3 is 14.9 Å². The van der Waals surface area contributed by atoms with Crippen LogP contribution in [0.15, 0.2) is 24.0 Å². The lowest BCUT2D eigenvalue weighted by molar-refractivity contribution is -0.200. The quantitative estimate of drug-likeness (QED) is 0.235. The summed E-state index contributed by atoms with van der Waals surface area (Å²) < 4.78 is 6.73. The van der Waals surface area contributed by atoms with Gasteiger partial charge in [-0.15, -0.1) is 0 Å². The molecule has 32 heavy (non-hydrogen) atoms. The van der Waals surface area contributed by atoms with E-state index in [0.717, 1.165) is 38.0 Å². The summed E-state index contributed by atoms with van der Waals surface area (Å²) in [5, 5.41) is 19.7. The highest BCUT2D eigenvalue weighted by atomic mass is 16.5. The second-order valence-corrected chi connectivity index (χ2v) is 11.8. The fourth-order valence-electron chi connectivity index (χ4n) is 5.83. The Balaban J connectivity index is 1.64. The first-order chi connectivity index (χ1) is 15.0. The van der Waals surface area contributed by atoms with Crippen molar-refractivity contribution in [2.75, 3.05) is 0 Å². The molecule has 186 valence electrons. The van der Waals surface area contributed by atoms with E-state index < -0.39 is 0 Å². The fraction of sp³-hybridized carbons (Fsp3) is 0.862. The average molecular weight is 449 g/mol. The van der Waals surface area contributed by atoms with E-state index in [2.05, 4.69) is 47.3 Å². The molecule has 0 aromatic heterocycles. The van der Waals surface area contributed by atoms with Gasteiger partial charge in [-0.1, -0.05) is 65.2 Å². The summed E-state index contributed by atoms with van der Waals surface area (Å²) in [6, 6.07) is 0. The van der Waals surface area contributed by atoms with Gasteiger partial charge >= 0.3 is 0 Å². The Morgan fingerprint density at radius 3 is 2.53 bits per heavy atom. The Morgan fingerprint density at radius 1 is 1.16 bits per heavy atom. The molecule has 1 saturated carbocycles. The number of fused-ring (bicyclic) bond motifs is 1. The maximum absolute atomic E-state index is 10.3. The van der Waals surface area contributed by atoms with Crippen LogP contribution in [0, 0.1) is 29.6 Å². The zero-order chi connectivity index (χ0) is 23.9. The Kier molecular flexibility index (Phi) is 10.8. The van der Waals surface area contributed by atoms with Gasteiger partial charge in [-0.3, -0.25) is 0 Å². The third-order valence-electron chi connectivity index (χ3n) is 8.76. The predicted octanol–water partition coefficient (Wildman–Crippen LogP) is 7.99. The SMILES string of the molecule is C=C(O)C(C)CC/C=C(\C)CCCC(C)CCCC1(C)CCC2CC(O)C(C)C(C)C2O1. The van der Waals surface area contributed by atoms with E-state index in [4.69, 9.17) is 4.74 Å². The lowest BCUT2D eigenvalue weighted by atomic mass is 9.67. The van der Waals surface area contributed by atoms with Crippen molar-refractivity contribution in [3.8, 4) is 0 Å².